The zero-order valence-corrected chi connectivity index (χ0v) is 14.9. The van der Waals surface area contributed by atoms with Crippen molar-refractivity contribution in [2.75, 3.05) is 7.11 Å². The van der Waals surface area contributed by atoms with Crippen molar-refractivity contribution < 1.29 is 15.1 Å². The molecule has 0 bridgehead atoms. The maximum atomic E-state index is 10.3. The van der Waals surface area contributed by atoms with Crippen molar-refractivity contribution in [3.05, 3.63) is 23.8 Å². The number of hydroxylamine groups is 2. The van der Waals surface area contributed by atoms with E-state index in [1.165, 1.54) is 5.06 Å². The number of rotatable bonds is 3. The average Bonchev–Trinajstić information content (AvgIpc) is 2.35. The van der Waals surface area contributed by atoms with E-state index in [-0.39, 0.29) is 29.2 Å². The summed E-state index contributed by atoms with van der Waals surface area (Å²) in [6.45, 7) is 8.30. The van der Waals surface area contributed by atoms with E-state index in [1.54, 1.807) is 13.2 Å². The fourth-order valence-corrected chi connectivity index (χ4v) is 3.82. The van der Waals surface area contributed by atoms with E-state index in [2.05, 4.69) is 27.7 Å². The zero-order valence-electron chi connectivity index (χ0n) is 14.1. The third-order valence-corrected chi connectivity index (χ3v) is 4.49. The Hall–Kier alpha value is -0.970. The number of halogens is 1. The van der Waals surface area contributed by atoms with Crippen LogP contribution in [0, 0.1) is 5.92 Å². The minimum Gasteiger partial charge on any atom is -0.504 e. The zero-order chi connectivity index (χ0) is 15.8. The maximum Gasteiger partial charge on any atom is 0.160 e. The Kier molecular flexibility index (Phi) is 5.77. The Morgan fingerprint density at radius 2 is 1.73 bits per heavy atom. The van der Waals surface area contributed by atoms with Crippen molar-refractivity contribution >= 4 is 12.4 Å². The first-order valence-electron chi connectivity index (χ1n) is 7.51. The molecular weight excluding hydrogens is 302 g/mol. The number of hydrogen-bond donors (Lipinski definition) is 2. The normalized spacial score (nSPS) is 21.2. The second-order valence-electron chi connectivity index (χ2n) is 7.42. The highest BCUT2D eigenvalue weighted by atomic mass is 35.5. The first kappa shape index (κ1) is 19.1. The number of benzene rings is 1. The number of hydrogen-bond acceptors (Lipinski definition) is 4. The van der Waals surface area contributed by atoms with Gasteiger partial charge in [0.05, 0.1) is 7.11 Å². The van der Waals surface area contributed by atoms with Crippen molar-refractivity contribution in [1.82, 2.24) is 5.06 Å². The molecule has 1 aromatic carbocycles. The van der Waals surface area contributed by atoms with Gasteiger partial charge in [-0.1, -0.05) is 6.07 Å². The summed E-state index contributed by atoms with van der Waals surface area (Å²) < 4.78 is 5.08. The smallest absolute Gasteiger partial charge is 0.160 e. The number of methoxy groups -OCH3 is 1. The molecule has 1 saturated heterocycles. The van der Waals surface area contributed by atoms with Gasteiger partial charge in [-0.2, -0.15) is 5.06 Å². The summed E-state index contributed by atoms with van der Waals surface area (Å²) in [4.78, 5) is 0. The van der Waals surface area contributed by atoms with Crippen molar-refractivity contribution in [2.24, 2.45) is 5.92 Å². The number of phenols is 1. The lowest BCUT2D eigenvalue weighted by Crippen LogP contribution is -2.59. The lowest BCUT2D eigenvalue weighted by molar-refractivity contribution is -0.250. The molecular formula is C17H28ClNO3. The van der Waals surface area contributed by atoms with Gasteiger partial charge in [-0.15, -0.1) is 12.4 Å². The van der Waals surface area contributed by atoms with Gasteiger partial charge in [-0.05, 0) is 70.6 Å². The van der Waals surface area contributed by atoms with Gasteiger partial charge in [-0.3, -0.25) is 0 Å². The molecule has 0 amide bonds. The van der Waals surface area contributed by atoms with Crippen LogP contribution in [0.3, 0.4) is 0 Å². The molecule has 0 spiro atoms. The van der Waals surface area contributed by atoms with Crippen molar-refractivity contribution in [3.63, 3.8) is 0 Å². The van der Waals surface area contributed by atoms with Crippen LogP contribution in [0.5, 0.6) is 11.5 Å². The molecule has 0 atom stereocenters. The van der Waals surface area contributed by atoms with E-state index < -0.39 is 0 Å². The minimum absolute atomic E-state index is 0. The Morgan fingerprint density at radius 1 is 1.18 bits per heavy atom. The first-order chi connectivity index (χ1) is 9.65. The van der Waals surface area contributed by atoms with Crippen LogP contribution in [0.25, 0.3) is 0 Å². The molecule has 22 heavy (non-hydrogen) atoms. The second-order valence-corrected chi connectivity index (χ2v) is 7.42. The summed E-state index contributed by atoms with van der Waals surface area (Å²) in [6.07, 6.45) is 2.76. The third kappa shape index (κ3) is 3.86. The lowest BCUT2D eigenvalue weighted by Gasteiger charge is -2.51. The largest absolute Gasteiger partial charge is 0.504 e. The summed E-state index contributed by atoms with van der Waals surface area (Å²) in [5.41, 5.74) is 0.637. The molecule has 0 aliphatic carbocycles. The highest BCUT2D eigenvalue weighted by Crippen LogP contribution is 2.41. The van der Waals surface area contributed by atoms with Gasteiger partial charge in [0, 0.05) is 11.1 Å². The molecule has 1 heterocycles. The van der Waals surface area contributed by atoms with Gasteiger partial charge >= 0.3 is 0 Å². The molecule has 126 valence electrons. The topological polar surface area (TPSA) is 52.9 Å². The number of piperidine rings is 1. The molecule has 2 N–H and O–H groups in total. The van der Waals surface area contributed by atoms with E-state index in [0.29, 0.717) is 11.7 Å². The maximum absolute atomic E-state index is 10.3. The third-order valence-electron chi connectivity index (χ3n) is 4.49. The van der Waals surface area contributed by atoms with Crippen LogP contribution in [-0.2, 0) is 6.42 Å². The average molecular weight is 330 g/mol. The number of phenolic OH excluding ortho intramolecular Hbond substituents is 1. The van der Waals surface area contributed by atoms with Crippen LogP contribution in [-0.4, -0.2) is 33.6 Å². The molecule has 4 nitrogen and oxygen atoms in total. The van der Waals surface area contributed by atoms with E-state index in [9.17, 15) is 10.3 Å². The summed E-state index contributed by atoms with van der Waals surface area (Å²) >= 11 is 0. The van der Waals surface area contributed by atoms with Gasteiger partial charge in [0.15, 0.2) is 11.5 Å². The standard InChI is InChI=1S/C17H27NO3.ClH/c1-16(2)10-13(11-17(3,4)18(16)20)8-12-6-7-15(21-5)14(19)9-12;/h6-7,9,13,19-20H,8,10-11H2,1-5H3;1H. The summed E-state index contributed by atoms with van der Waals surface area (Å²) in [7, 11) is 1.55. The number of ether oxygens (including phenoxy) is 1. The molecule has 1 fully saturated rings. The molecule has 1 aromatic rings. The molecule has 0 saturated carbocycles. The van der Waals surface area contributed by atoms with Gasteiger partial charge in [0.2, 0.25) is 0 Å². The second kappa shape index (κ2) is 6.65. The van der Waals surface area contributed by atoms with Crippen LogP contribution < -0.4 is 4.74 Å². The number of nitrogens with zero attached hydrogens (tertiary/aromatic N) is 1. The van der Waals surface area contributed by atoms with Crippen LogP contribution in [0.4, 0.5) is 0 Å². The van der Waals surface area contributed by atoms with Gasteiger partial charge in [-0.25, -0.2) is 0 Å². The van der Waals surface area contributed by atoms with Gasteiger partial charge in [0.25, 0.3) is 0 Å². The Morgan fingerprint density at radius 3 is 2.18 bits per heavy atom. The molecule has 1 aliphatic rings. The molecule has 5 heteroatoms. The minimum atomic E-state index is -0.235. The summed E-state index contributed by atoms with van der Waals surface area (Å²) in [6, 6.07) is 5.59. The van der Waals surface area contributed by atoms with Crippen molar-refractivity contribution in [1.29, 1.82) is 0 Å². The molecule has 0 radical (unpaired) electrons. The van der Waals surface area contributed by atoms with Crippen LogP contribution in [0.2, 0.25) is 0 Å². The Balaban J connectivity index is 0.00000242. The summed E-state index contributed by atoms with van der Waals surface area (Å²) in [5.74, 6) is 1.17. The number of aromatic hydroxyl groups is 1. The summed E-state index contributed by atoms with van der Waals surface area (Å²) in [5, 5.41) is 21.7. The van der Waals surface area contributed by atoms with Crippen LogP contribution in [0.1, 0.15) is 46.1 Å². The predicted octanol–water partition coefficient (Wildman–Crippen LogP) is 4.02. The highest BCUT2D eigenvalue weighted by Gasteiger charge is 2.44. The monoisotopic (exact) mass is 329 g/mol. The SMILES string of the molecule is COc1ccc(CC2CC(C)(C)N(O)C(C)(C)C2)cc1O.Cl. The predicted molar refractivity (Wildman–Crippen MR) is 90.1 cm³/mol. The van der Waals surface area contributed by atoms with Crippen LogP contribution in [0.15, 0.2) is 18.2 Å². The van der Waals surface area contributed by atoms with Gasteiger partial charge < -0.3 is 15.1 Å². The molecule has 2 rings (SSSR count). The Bertz CT molecular complexity index is 499. The first-order valence-corrected chi connectivity index (χ1v) is 7.51. The molecule has 0 unspecified atom stereocenters. The quantitative estimate of drug-likeness (QED) is 0.879. The lowest BCUT2D eigenvalue weighted by atomic mass is 9.73. The molecule has 0 aromatic heterocycles. The van der Waals surface area contributed by atoms with E-state index in [4.69, 9.17) is 4.74 Å². The Labute approximate surface area is 139 Å². The van der Waals surface area contributed by atoms with Crippen LogP contribution >= 0.6 is 12.4 Å². The van der Waals surface area contributed by atoms with E-state index in [0.717, 1.165) is 24.8 Å². The van der Waals surface area contributed by atoms with Crippen molar-refractivity contribution in [2.45, 2.75) is 58.0 Å². The van der Waals surface area contributed by atoms with Gasteiger partial charge in [0.1, 0.15) is 0 Å². The molecule has 1 aliphatic heterocycles. The van der Waals surface area contributed by atoms with E-state index in [1.807, 2.05) is 12.1 Å². The highest BCUT2D eigenvalue weighted by molar-refractivity contribution is 5.85. The fraction of sp³-hybridized carbons (Fsp3) is 0.647. The van der Waals surface area contributed by atoms with Crippen molar-refractivity contribution in [3.8, 4) is 11.5 Å². The van der Waals surface area contributed by atoms with E-state index >= 15 is 0 Å². The fourth-order valence-electron chi connectivity index (χ4n) is 3.82.